The minimum atomic E-state index is -3.85. The Morgan fingerprint density at radius 2 is 0.904 bits per heavy atom. The predicted molar refractivity (Wildman–Crippen MR) is 208 cm³/mol. The number of nitrogens with one attached hydrogen (secondary N) is 2. The van der Waals surface area contributed by atoms with E-state index in [1.54, 1.807) is 48.5 Å². The van der Waals surface area contributed by atoms with Crippen LogP contribution < -0.4 is 10.6 Å². The number of amides is 2. The van der Waals surface area contributed by atoms with Crippen LogP contribution in [0.1, 0.15) is 88.8 Å². The van der Waals surface area contributed by atoms with E-state index in [0.29, 0.717) is 43.5 Å². The maximum Gasteiger partial charge on any atom is 0.285 e. The van der Waals surface area contributed by atoms with Crippen LogP contribution >= 0.6 is 0 Å². The quantitative estimate of drug-likeness (QED) is 0.138. The van der Waals surface area contributed by atoms with Crippen molar-refractivity contribution in [2.45, 2.75) is 78.6 Å². The summed E-state index contributed by atoms with van der Waals surface area (Å²) in [6.07, 6.45) is 7.92. The van der Waals surface area contributed by atoms with Crippen molar-refractivity contribution < 1.29 is 26.4 Å². The molecule has 0 aromatic heterocycles. The summed E-state index contributed by atoms with van der Waals surface area (Å²) in [4.78, 5) is 25.8. The molecule has 0 aliphatic carbocycles. The van der Waals surface area contributed by atoms with Crippen molar-refractivity contribution in [2.24, 2.45) is 0 Å². The fourth-order valence-corrected chi connectivity index (χ4v) is 9.51. The third-order valence-corrected chi connectivity index (χ3v) is 12.6. The third-order valence-electron chi connectivity index (χ3n) is 8.82. The maximum atomic E-state index is 13.1. The van der Waals surface area contributed by atoms with Crippen molar-refractivity contribution in [3.05, 3.63) is 119 Å². The van der Waals surface area contributed by atoms with Gasteiger partial charge in [0.25, 0.3) is 31.9 Å². The molecule has 0 saturated carbocycles. The normalized spacial score (nSPS) is 16.3. The van der Waals surface area contributed by atoms with Crippen LogP contribution in [-0.4, -0.2) is 63.4 Å². The number of nitrogens with zero attached hydrogens (tertiary/aromatic N) is 2. The highest BCUT2D eigenvalue weighted by Crippen LogP contribution is 2.36. The zero-order valence-electron chi connectivity index (χ0n) is 30.5. The van der Waals surface area contributed by atoms with Gasteiger partial charge in [-0.3, -0.25) is 9.59 Å². The Morgan fingerprint density at radius 3 is 1.33 bits per heavy atom. The minimum Gasteiger partial charge on any atom is -0.379 e. The molecule has 0 radical (unpaired) electrons. The Labute approximate surface area is 310 Å². The average molecular weight is 749 g/mol. The summed E-state index contributed by atoms with van der Waals surface area (Å²) >= 11 is 0. The summed E-state index contributed by atoms with van der Waals surface area (Å²) < 4.78 is 54.1. The number of sulfonamides is 2. The predicted octanol–water partition coefficient (Wildman–Crippen LogP) is 6.66. The van der Waals surface area contributed by atoms with Crippen LogP contribution in [0.25, 0.3) is 9.81 Å². The van der Waals surface area contributed by atoms with Crippen molar-refractivity contribution in [3.8, 4) is 0 Å². The van der Waals surface area contributed by atoms with E-state index in [-0.39, 0.29) is 34.3 Å². The summed E-state index contributed by atoms with van der Waals surface area (Å²) in [6.45, 7) is 7.62. The van der Waals surface area contributed by atoms with Crippen LogP contribution in [0.4, 0.5) is 0 Å². The van der Waals surface area contributed by atoms with Gasteiger partial charge < -0.3 is 10.6 Å². The first-order valence-corrected chi connectivity index (χ1v) is 21.2. The lowest BCUT2D eigenvalue weighted by molar-refractivity contribution is -0.123. The van der Waals surface area contributed by atoms with Crippen LogP contribution in [0.15, 0.2) is 102 Å². The van der Waals surface area contributed by atoms with E-state index < -0.39 is 31.9 Å². The molecule has 2 heterocycles. The molecule has 3 aromatic carbocycles. The first-order valence-electron chi connectivity index (χ1n) is 18.3. The zero-order valence-corrected chi connectivity index (χ0v) is 32.1. The molecule has 2 aliphatic heterocycles. The first kappa shape index (κ1) is 40.4. The lowest BCUT2D eigenvalue weighted by Crippen LogP contribution is -2.34. The number of carbonyl (C=O) groups excluding carboxylic acids is 2. The van der Waals surface area contributed by atoms with E-state index >= 15 is 0 Å². The molecule has 0 spiro atoms. The number of carbonyl (C=O) groups is 2. The Hall–Kier alpha value is -4.42. The van der Waals surface area contributed by atoms with Gasteiger partial charge >= 0.3 is 0 Å². The van der Waals surface area contributed by atoms with E-state index in [9.17, 15) is 26.4 Å². The highest BCUT2D eigenvalue weighted by molar-refractivity contribution is 8.00. The fourth-order valence-electron chi connectivity index (χ4n) is 6.01. The molecule has 52 heavy (non-hydrogen) atoms. The van der Waals surface area contributed by atoms with Gasteiger partial charge in [-0.25, -0.2) is 25.4 Å². The smallest absolute Gasteiger partial charge is 0.285 e. The van der Waals surface area contributed by atoms with Crippen LogP contribution in [0.3, 0.4) is 0 Å². The molecule has 2 aliphatic rings. The third kappa shape index (κ3) is 9.71. The van der Waals surface area contributed by atoms with Crippen LogP contribution in [-0.2, 0) is 36.1 Å². The van der Waals surface area contributed by atoms with Gasteiger partial charge in [0.2, 0.25) is 0 Å². The zero-order chi connectivity index (χ0) is 37.6. The van der Waals surface area contributed by atoms with Gasteiger partial charge in [-0.1, -0.05) is 144 Å². The molecule has 3 aromatic rings. The summed E-state index contributed by atoms with van der Waals surface area (Å²) in [5, 5.41) is 6.21. The van der Waals surface area contributed by atoms with E-state index in [2.05, 4.69) is 17.6 Å². The first-order chi connectivity index (χ1) is 25.1. The van der Waals surface area contributed by atoms with Gasteiger partial charge in [-0.15, -0.1) is 0 Å². The summed E-state index contributed by atoms with van der Waals surface area (Å²) in [7, 11) is -7.64. The molecule has 0 bridgehead atoms. The monoisotopic (exact) mass is 748 g/mol. The lowest BCUT2D eigenvalue weighted by atomic mass is 10.1. The minimum absolute atomic E-state index is 0.0808. The number of hydrogen-bond acceptors (Lipinski definition) is 8. The van der Waals surface area contributed by atoms with Crippen molar-refractivity contribution in [1.82, 2.24) is 19.2 Å². The van der Waals surface area contributed by atoms with Crippen molar-refractivity contribution in [2.75, 3.05) is 26.2 Å². The van der Waals surface area contributed by atoms with Crippen LogP contribution in [0.5, 0.6) is 0 Å². The average Bonchev–Trinajstić information content (AvgIpc) is 3.46. The van der Waals surface area contributed by atoms with Gasteiger partial charge in [0.15, 0.2) is 0 Å². The van der Waals surface area contributed by atoms with Gasteiger partial charge in [0, 0.05) is 26.2 Å². The van der Waals surface area contributed by atoms with Gasteiger partial charge in [-0.2, -0.15) is 0 Å². The Balaban J connectivity index is 0.000000234. The fraction of sp³-hybridized carbons (Fsp3) is 0.400. The molecule has 0 fully saturated rings. The summed E-state index contributed by atoms with van der Waals surface area (Å²) in [5.74, 6) is -0.891. The van der Waals surface area contributed by atoms with Gasteiger partial charge in [-0.05, 0) is 42.4 Å². The second-order valence-electron chi connectivity index (χ2n) is 12.8. The SMILES string of the molecule is CCCCCCNC1=C(c2ccccc2)S(=O)(=O)N(CCCC)C1=O.CCCCN1C(=O)C(NCCc2ccccc2)=C(c2ccccc2)S1(=O)=O. The maximum absolute atomic E-state index is 13.1. The molecule has 12 heteroatoms. The Kier molecular flexibility index (Phi) is 15.1. The molecular formula is C40H52N4O6S2. The molecule has 0 atom stereocenters. The van der Waals surface area contributed by atoms with Crippen LogP contribution in [0, 0.1) is 0 Å². The molecule has 10 nitrogen and oxygen atoms in total. The second-order valence-corrected chi connectivity index (χ2v) is 16.4. The Bertz CT molecular complexity index is 1910. The molecule has 0 unspecified atom stereocenters. The molecule has 2 N–H and O–H groups in total. The molecular weight excluding hydrogens is 697 g/mol. The second kappa shape index (κ2) is 19.4. The highest BCUT2D eigenvalue weighted by atomic mass is 32.2. The van der Waals surface area contributed by atoms with E-state index in [1.165, 1.54) is 0 Å². The van der Waals surface area contributed by atoms with Crippen LogP contribution in [0.2, 0.25) is 0 Å². The number of hydrogen-bond donors (Lipinski definition) is 2. The standard InChI is InChI=1S/C21H24N2O3S.C19H28N2O3S/c1-2-3-16-23-21(24)19(22-15-14-17-10-6-4-7-11-17)20(27(23,25)26)18-12-8-5-9-13-18;1-3-5-7-11-14-20-17-18(16-12-9-8-10-13-16)25(23,24)21(19(17)22)15-6-4-2/h4-13,22H,2-3,14-16H2,1H3;8-10,12-13,20H,3-7,11,14-15H2,1-2H3. The molecule has 280 valence electrons. The summed E-state index contributed by atoms with van der Waals surface area (Å²) in [5.41, 5.74) is 2.62. The van der Waals surface area contributed by atoms with Crippen molar-refractivity contribution in [1.29, 1.82) is 0 Å². The van der Waals surface area contributed by atoms with E-state index in [4.69, 9.17) is 0 Å². The van der Waals surface area contributed by atoms with E-state index in [1.807, 2.05) is 56.3 Å². The summed E-state index contributed by atoms with van der Waals surface area (Å²) in [6, 6.07) is 27.6. The van der Waals surface area contributed by atoms with Crippen molar-refractivity contribution >= 4 is 41.7 Å². The number of unbranched alkanes of at least 4 members (excludes halogenated alkanes) is 5. The van der Waals surface area contributed by atoms with Gasteiger partial charge in [0.05, 0.1) is 0 Å². The molecule has 2 amide bonds. The number of benzene rings is 3. The largest absolute Gasteiger partial charge is 0.379 e. The highest BCUT2D eigenvalue weighted by Gasteiger charge is 2.45. The molecule has 0 saturated heterocycles. The van der Waals surface area contributed by atoms with Crippen molar-refractivity contribution in [3.63, 3.8) is 0 Å². The van der Waals surface area contributed by atoms with Gasteiger partial charge in [0.1, 0.15) is 21.2 Å². The molecule has 5 rings (SSSR count). The Morgan fingerprint density at radius 1 is 0.500 bits per heavy atom. The lowest BCUT2D eigenvalue weighted by Gasteiger charge is -2.16. The van der Waals surface area contributed by atoms with E-state index in [0.717, 1.165) is 52.7 Å². The number of rotatable bonds is 18. The topological polar surface area (TPSA) is 133 Å².